The van der Waals surface area contributed by atoms with Gasteiger partial charge in [-0.3, -0.25) is 0 Å². The number of rotatable bonds is 5. The zero-order valence-electron chi connectivity index (χ0n) is 9.81. The molecule has 2 fully saturated rings. The molecule has 0 bridgehead atoms. The molecule has 2 aliphatic carbocycles. The summed E-state index contributed by atoms with van der Waals surface area (Å²) < 4.78 is 13.7. The second-order valence-corrected chi connectivity index (χ2v) is 6.00. The van der Waals surface area contributed by atoms with Gasteiger partial charge in [0.2, 0.25) is 0 Å². The van der Waals surface area contributed by atoms with E-state index < -0.39 is 0 Å². The lowest BCUT2D eigenvalue weighted by molar-refractivity contribution is 0.444. The average Bonchev–Trinajstić information content (AvgIpc) is 3.15. The normalized spacial score (nSPS) is 21.5. The molecule has 17 heavy (non-hydrogen) atoms. The van der Waals surface area contributed by atoms with Crippen molar-refractivity contribution < 1.29 is 4.39 Å². The fourth-order valence-electron chi connectivity index (χ4n) is 2.31. The molecule has 0 radical (unpaired) electrons. The molecule has 3 rings (SSSR count). The number of halogens is 2. The Morgan fingerprint density at radius 1 is 1.35 bits per heavy atom. The van der Waals surface area contributed by atoms with Crippen molar-refractivity contribution in [2.24, 2.45) is 5.41 Å². The first kappa shape index (κ1) is 11.5. The molecule has 0 amide bonds. The molecule has 0 aromatic heterocycles. The van der Waals surface area contributed by atoms with E-state index in [-0.39, 0.29) is 5.82 Å². The summed E-state index contributed by atoms with van der Waals surface area (Å²) in [5.41, 5.74) is 1.13. The molecule has 1 aromatic carbocycles. The Bertz CT molecular complexity index is 424. The molecule has 2 aliphatic rings. The Hall–Kier alpha value is -0.600. The van der Waals surface area contributed by atoms with Crippen molar-refractivity contribution in [1.82, 2.24) is 5.32 Å². The highest BCUT2D eigenvalue weighted by atomic mass is 35.5. The van der Waals surface area contributed by atoms with E-state index in [1.54, 1.807) is 6.07 Å². The van der Waals surface area contributed by atoms with Crippen LogP contribution < -0.4 is 5.32 Å². The zero-order chi connectivity index (χ0) is 11.9. The lowest BCUT2D eigenvalue weighted by atomic mass is 9.96. The summed E-state index contributed by atoms with van der Waals surface area (Å²) in [6.45, 7) is 1.04. The Balaban J connectivity index is 1.64. The maximum Gasteiger partial charge on any atom is 0.127 e. The van der Waals surface area contributed by atoms with Gasteiger partial charge in [0.15, 0.2) is 0 Å². The van der Waals surface area contributed by atoms with Gasteiger partial charge in [0, 0.05) is 17.6 Å². The summed E-state index contributed by atoms with van der Waals surface area (Å²) in [5.74, 6) is -0.157. The SMILES string of the molecule is Fc1cc(Cl)ccc1CC1(CNC2CC2)CC1. The van der Waals surface area contributed by atoms with Crippen LogP contribution in [0.25, 0.3) is 0 Å². The minimum atomic E-state index is -0.157. The molecular formula is C14H17ClFN. The first-order chi connectivity index (χ1) is 8.17. The maximum absolute atomic E-state index is 13.7. The highest BCUT2D eigenvalue weighted by molar-refractivity contribution is 6.30. The van der Waals surface area contributed by atoms with E-state index in [0.29, 0.717) is 10.4 Å². The Morgan fingerprint density at radius 2 is 2.12 bits per heavy atom. The van der Waals surface area contributed by atoms with E-state index in [1.807, 2.05) is 6.07 Å². The van der Waals surface area contributed by atoms with Crippen molar-refractivity contribution >= 4 is 11.6 Å². The summed E-state index contributed by atoms with van der Waals surface area (Å²) in [6, 6.07) is 5.77. The van der Waals surface area contributed by atoms with Crippen molar-refractivity contribution in [3.05, 3.63) is 34.6 Å². The third-order valence-corrected chi connectivity index (χ3v) is 4.12. The van der Waals surface area contributed by atoms with E-state index in [2.05, 4.69) is 5.32 Å². The van der Waals surface area contributed by atoms with Crippen LogP contribution in [-0.2, 0) is 6.42 Å². The Labute approximate surface area is 106 Å². The van der Waals surface area contributed by atoms with E-state index >= 15 is 0 Å². The van der Waals surface area contributed by atoms with Crippen LogP contribution in [0.15, 0.2) is 18.2 Å². The van der Waals surface area contributed by atoms with Gasteiger partial charge in [-0.2, -0.15) is 0 Å². The Kier molecular flexibility index (Phi) is 2.87. The third kappa shape index (κ3) is 2.80. The van der Waals surface area contributed by atoms with Gasteiger partial charge in [0.25, 0.3) is 0 Å². The summed E-state index contributed by atoms with van der Waals surface area (Å²) >= 11 is 5.76. The molecule has 1 N–H and O–H groups in total. The van der Waals surface area contributed by atoms with E-state index in [0.717, 1.165) is 24.6 Å². The summed E-state index contributed by atoms with van der Waals surface area (Å²) in [7, 11) is 0. The van der Waals surface area contributed by atoms with Gasteiger partial charge in [-0.1, -0.05) is 17.7 Å². The summed E-state index contributed by atoms with van der Waals surface area (Å²) in [6.07, 6.45) is 5.90. The monoisotopic (exact) mass is 253 g/mol. The van der Waals surface area contributed by atoms with Crippen LogP contribution in [0.5, 0.6) is 0 Å². The highest BCUT2D eigenvalue weighted by Crippen LogP contribution is 2.48. The van der Waals surface area contributed by atoms with E-state index in [4.69, 9.17) is 11.6 Å². The maximum atomic E-state index is 13.7. The fourth-order valence-corrected chi connectivity index (χ4v) is 2.47. The molecule has 0 spiro atoms. The molecule has 0 unspecified atom stereocenters. The van der Waals surface area contributed by atoms with Gasteiger partial charge in [0.1, 0.15) is 5.82 Å². The van der Waals surface area contributed by atoms with E-state index in [9.17, 15) is 4.39 Å². The van der Waals surface area contributed by atoms with Gasteiger partial charge in [-0.05, 0) is 55.2 Å². The van der Waals surface area contributed by atoms with Gasteiger partial charge in [-0.15, -0.1) is 0 Å². The standard InChI is InChI=1S/C14H17ClFN/c15-11-2-1-10(13(16)7-11)8-14(5-6-14)9-17-12-3-4-12/h1-2,7,12,17H,3-6,8-9H2. The predicted molar refractivity (Wildman–Crippen MR) is 67.8 cm³/mol. The van der Waals surface area contributed by atoms with Crippen LogP contribution in [-0.4, -0.2) is 12.6 Å². The predicted octanol–water partition coefficient (Wildman–Crippen LogP) is 3.55. The van der Waals surface area contributed by atoms with Crippen molar-refractivity contribution in [3.8, 4) is 0 Å². The number of hydrogen-bond donors (Lipinski definition) is 1. The smallest absolute Gasteiger partial charge is 0.127 e. The molecule has 3 heteroatoms. The molecular weight excluding hydrogens is 237 g/mol. The molecule has 0 atom stereocenters. The van der Waals surface area contributed by atoms with E-state index in [1.165, 1.54) is 31.7 Å². The lowest BCUT2D eigenvalue weighted by Crippen LogP contribution is -2.27. The minimum absolute atomic E-state index is 0.157. The van der Waals surface area contributed by atoms with Crippen molar-refractivity contribution in [2.75, 3.05) is 6.54 Å². The Morgan fingerprint density at radius 3 is 2.71 bits per heavy atom. The van der Waals surface area contributed by atoms with Gasteiger partial charge in [-0.25, -0.2) is 4.39 Å². The van der Waals surface area contributed by atoms with Crippen LogP contribution in [0.1, 0.15) is 31.2 Å². The molecule has 92 valence electrons. The van der Waals surface area contributed by atoms with Crippen LogP contribution in [0.4, 0.5) is 4.39 Å². The number of hydrogen-bond acceptors (Lipinski definition) is 1. The molecule has 2 saturated carbocycles. The molecule has 0 aliphatic heterocycles. The first-order valence-corrected chi connectivity index (χ1v) is 6.72. The van der Waals surface area contributed by atoms with Crippen molar-refractivity contribution in [3.63, 3.8) is 0 Å². The first-order valence-electron chi connectivity index (χ1n) is 6.34. The quantitative estimate of drug-likeness (QED) is 0.846. The highest BCUT2D eigenvalue weighted by Gasteiger charge is 2.43. The largest absolute Gasteiger partial charge is 0.313 e. The van der Waals surface area contributed by atoms with Crippen LogP contribution in [0, 0.1) is 11.2 Å². The van der Waals surface area contributed by atoms with Gasteiger partial charge >= 0.3 is 0 Å². The second kappa shape index (κ2) is 4.25. The lowest BCUT2D eigenvalue weighted by Gasteiger charge is -2.16. The molecule has 1 aromatic rings. The third-order valence-electron chi connectivity index (χ3n) is 3.88. The van der Waals surface area contributed by atoms with Crippen molar-refractivity contribution in [1.29, 1.82) is 0 Å². The molecule has 1 nitrogen and oxygen atoms in total. The summed E-state index contributed by atoms with van der Waals surface area (Å²) in [4.78, 5) is 0. The second-order valence-electron chi connectivity index (χ2n) is 5.57. The average molecular weight is 254 g/mol. The number of nitrogens with one attached hydrogen (secondary N) is 1. The molecule has 0 heterocycles. The van der Waals surface area contributed by atoms with Gasteiger partial charge in [0.05, 0.1) is 0 Å². The number of benzene rings is 1. The fraction of sp³-hybridized carbons (Fsp3) is 0.571. The summed E-state index contributed by atoms with van der Waals surface area (Å²) in [5, 5.41) is 4.04. The molecule has 0 saturated heterocycles. The van der Waals surface area contributed by atoms with Crippen molar-refractivity contribution in [2.45, 2.75) is 38.1 Å². The van der Waals surface area contributed by atoms with Crippen LogP contribution in [0.2, 0.25) is 5.02 Å². The topological polar surface area (TPSA) is 12.0 Å². The van der Waals surface area contributed by atoms with Gasteiger partial charge < -0.3 is 5.32 Å². The zero-order valence-corrected chi connectivity index (χ0v) is 10.6. The van der Waals surface area contributed by atoms with Crippen LogP contribution in [0.3, 0.4) is 0 Å². The minimum Gasteiger partial charge on any atom is -0.313 e. The van der Waals surface area contributed by atoms with Crippen LogP contribution >= 0.6 is 11.6 Å².